The quantitative estimate of drug-likeness (QED) is 0.313. The summed E-state index contributed by atoms with van der Waals surface area (Å²) >= 11 is 0. The average molecular weight is 526 g/mol. The van der Waals surface area contributed by atoms with Crippen molar-refractivity contribution in [3.05, 3.63) is 101 Å². The first-order valence-electron chi connectivity index (χ1n) is 13.6. The molecular weight excluding hydrogens is 487 g/mol. The highest BCUT2D eigenvalue weighted by Crippen LogP contribution is 2.38. The fourth-order valence-corrected chi connectivity index (χ4v) is 5.06. The predicted octanol–water partition coefficient (Wildman–Crippen LogP) is 8.85. The number of carbonyl (C=O) groups is 1. The molecule has 3 aromatic carbocycles. The van der Waals surface area contributed by atoms with Gasteiger partial charge in [0.1, 0.15) is 12.4 Å². The Morgan fingerprint density at radius 1 is 0.895 bits per heavy atom. The monoisotopic (exact) mass is 525 g/mol. The molecule has 1 fully saturated rings. The summed E-state index contributed by atoms with van der Waals surface area (Å²) < 4.78 is 45.5. The Labute approximate surface area is 224 Å². The van der Waals surface area contributed by atoms with Crippen LogP contribution in [0.1, 0.15) is 87.1 Å². The van der Waals surface area contributed by atoms with E-state index in [-0.39, 0.29) is 36.0 Å². The van der Waals surface area contributed by atoms with Crippen molar-refractivity contribution >= 4 is 5.91 Å². The van der Waals surface area contributed by atoms with Crippen molar-refractivity contribution in [1.82, 2.24) is 5.32 Å². The Morgan fingerprint density at radius 3 is 2.21 bits per heavy atom. The molecule has 0 aliphatic heterocycles. The van der Waals surface area contributed by atoms with Crippen LogP contribution in [0.2, 0.25) is 0 Å². The zero-order chi connectivity index (χ0) is 27.5. The number of amides is 1. The molecule has 4 rings (SSSR count). The molecule has 0 spiro atoms. The van der Waals surface area contributed by atoms with Gasteiger partial charge in [0.05, 0.1) is 11.6 Å². The number of ether oxygens (including phenoxy) is 1. The highest BCUT2D eigenvalue weighted by molar-refractivity contribution is 5.80. The van der Waals surface area contributed by atoms with Gasteiger partial charge < -0.3 is 10.1 Å². The molecule has 0 heterocycles. The first-order chi connectivity index (χ1) is 18.3. The molecule has 3 nitrogen and oxygen atoms in total. The smallest absolute Gasteiger partial charge is 0.416 e. The van der Waals surface area contributed by atoms with E-state index in [4.69, 9.17) is 4.74 Å². The van der Waals surface area contributed by atoms with Crippen LogP contribution < -0.4 is 10.1 Å². The molecule has 0 radical (unpaired) electrons. The largest absolute Gasteiger partial charge is 0.489 e. The van der Waals surface area contributed by atoms with Gasteiger partial charge in [-0.15, -0.1) is 0 Å². The third-order valence-electron chi connectivity index (χ3n) is 7.04. The number of hydrogen-bond acceptors (Lipinski definition) is 2. The Morgan fingerprint density at radius 2 is 1.53 bits per heavy atom. The summed E-state index contributed by atoms with van der Waals surface area (Å²) in [5.74, 6) is 0.546. The summed E-state index contributed by atoms with van der Waals surface area (Å²) in [6.07, 6.45) is 0.538. The minimum Gasteiger partial charge on any atom is -0.489 e. The zero-order valence-corrected chi connectivity index (χ0v) is 22.4. The predicted molar refractivity (Wildman–Crippen MR) is 146 cm³/mol. The van der Waals surface area contributed by atoms with E-state index in [0.29, 0.717) is 5.75 Å². The lowest BCUT2D eigenvalue weighted by Crippen LogP contribution is -2.35. The molecule has 0 aromatic heterocycles. The fourth-order valence-electron chi connectivity index (χ4n) is 5.06. The summed E-state index contributed by atoms with van der Waals surface area (Å²) in [5.41, 5.74) is 1.55. The van der Waals surface area contributed by atoms with Crippen molar-refractivity contribution in [2.75, 3.05) is 0 Å². The standard InChI is InChI=1S/C30H32F3NO2.C2H6/c1-21(22-10-4-2-5-11-22)34-29(35)27-14-7-3-6-13-26(27)23-16-18-25(19-17-23)36-20-24-12-8-9-15-28(24)30(31,32)33;1-2/h2,4-5,8-12,15-19,21,26-27H,3,6-7,13-14,20H2,1H3,(H,34,35);1-2H3/t21-,26?,27?;/m0./s1. The summed E-state index contributed by atoms with van der Waals surface area (Å²) in [7, 11) is 0. The van der Waals surface area contributed by atoms with Gasteiger partial charge in [-0.1, -0.05) is 93.8 Å². The molecule has 0 bridgehead atoms. The van der Waals surface area contributed by atoms with Crippen LogP contribution in [0.25, 0.3) is 0 Å². The van der Waals surface area contributed by atoms with Gasteiger partial charge in [-0.3, -0.25) is 4.79 Å². The van der Waals surface area contributed by atoms with Gasteiger partial charge >= 0.3 is 6.18 Å². The van der Waals surface area contributed by atoms with Crippen LogP contribution in [0.15, 0.2) is 78.9 Å². The van der Waals surface area contributed by atoms with E-state index in [1.807, 2.05) is 63.2 Å². The molecule has 3 aromatic rings. The number of hydrogen-bond donors (Lipinski definition) is 1. The summed E-state index contributed by atoms with van der Waals surface area (Å²) in [4.78, 5) is 13.3. The molecule has 204 valence electrons. The molecule has 1 saturated carbocycles. The van der Waals surface area contributed by atoms with E-state index in [1.165, 1.54) is 12.1 Å². The molecule has 6 heteroatoms. The molecule has 1 amide bonds. The van der Waals surface area contributed by atoms with E-state index < -0.39 is 11.7 Å². The minimum atomic E-state index is -4.42. The highest BCUT2D eigenvalue weighted by atomic mass is 19.4. The maximum absolute atomic E-state index is 13.3. The van der Waals surface area contributed by atoms with Crippen molar-refractivity contribution in [2.45, 2.75) is 77.6 Å². The maximum atomic E-state index is 13.3. The number of carbonyl (C=O) groups excluding carboxylic acids is 1. The van der Waals surface area contributed by atoms with Crippen LogP contribution in [-0.4, -0.2) is 5.91 Å². The Bertz CT molecular complexity index is 1130. The van der Waals surface area contributed by atoms with Crippen LogP contribution in [0, 0.1) is 5.92 Å². The second kappa shape index (κ2) is 14.0. The van der Waals surface area contributed by atoms with Gasteiger partial charge in [0.15, 0.2) is 0 Å². The van der Waals surface area contributed by atoms with E-state index >= 15 is 0 Å². The van der Waals surface area contributed by atoms with Gasteiger partial charge in [0.25, 0.3) is 0 Å². The van der Waals surface area contributed by atoms with Crippen molar-refractivity contribution in [2.24, 2.45) is 5.92 Å². The van der Waals surface area contributed by atoms with E-state index in [2.05, 4.69) is 5.32 Å². The van der Waals surface area contributed by atoms with Gasteiger partial charge in [0, 0.05) is 11.5 Å². The third-order valence-corrected chi connectivity index (χ3v) is 7.04. The van der Waals surface area contributed by atoms with Crippen LogP contribution in [0.3, 0.4) is 0 Å². The lowest BCUT2D eigenvalue weighted by atomic mass is 9.81. The first-order valence-corrected chi connectivity index (χ1v) is 13.6. The van der Waals surface area contributed by atoms with Gasteiger partial charge in [-0.2, -0.15) is 13.2 Å². The topological polar surface area (TPSA) is 38.3 Å². The number of alkyl halides is 3. The van der Waals surface area contributed by atoms with Crippen LogP contribution in [-0.2, 0) is 17.6 Å². The normalized spacial score (nSPS) is 18.4. The number of rotatable bonds is 7. The highest BCUT2D eigenvalue weighted by Gasteiger charge is 2.33. The maximum Gasteiger partial charge on any atom is 0.416 e. The van der Waals surface area contributed by atoms with E-state index in [1.54, 1.807) is 18.2 Å². The summed E-state index contributed by atoms with van der Waals surface area (Å²) in [6.45, 7) is 5.84. The van der Waals surface area contributed by atoms with Crippen molar-refractivity contribution in [1.29, 1.82) is 0 Å². The third kappa shape index (κ3) is 7.86. The Balaban J connectivity index is 0.00000195. The van der Waals surface area contributed by atoms with Gasteiger partial charge in [-0.25, -0.2) is 0 Å². The lowest BCUT2D eigenvalue weighted by molar-refractivity contribution is -0.138. The second-order valence-electron chi connectivity index (χ2n) is 9.50. The Hall–Kier alpha value is -3.28. The van der Waals surface area contributed by atoms with Crippen LogP contribution >= 0.6 is 0 Å². The van der Waals surface area contributed by atoms with Crippen LogP contribution in [0.4, 0.5) is 13.2 Å². The molecule has 3 atom stereocenters. The lowest BCUT2D eigenvalue weighted by Gasteiger charge is -2.27. The number of benzene rings is 3. The fraction of sp³-hybridized carbons (Fsp3) is 0.406. The first kappa shape index (κ1) is 29.3. The molecule has 2 unspecified atom stereocenters. The summed E-state index contributed by atoms with van der Waals surface area (Å²) in [5, 5.41) is 3.21. The van der Waals surface area contributed by atoms with Gasteiger partial charge in [0.2, 0.25) is 5.91 Å². The average Bonchev–Trinajstić information content (AvgIpc) is 3.20. The van der Waals surface area contributed by atoms with Gasteiger partial charge in [-0.05, 0) is 55.0 Å². The van der Waals surface area contributed by atoms with Crippen molar-refractivity contribution < 1.29 is 22.7 Å². The summed E-state index contributed by atoms with van der Waals surface area (Å²) in [6, 6.07) is 22.8. The molecule has 38 heavy (non-hydrogen) atoms. The molecule has 1 aliphatic rings. The van der Waals surface area contributed by atoms with Crippen molar-refractivity contribution in [3.8, 4) is 5.75 Å². The Kier molecular flexibility index (Phi) is 10.8. The SMILES string of the molecule is CC.C[C@H](NC(=O)C1CCCCCC1c1ccc(OCc2ccccc2C(F)(F)F)cc1)c1ccccc1. The number of halogens is 3. The minimum absolute atomic E-state index is 0.0713. The van der Waals surface area contributed by atoms with E-state index in [0.717, 1.165) is 49.3 Å². The molecule has 1 N–H and O–H groups in total. The van der Waals surface area contributed by atoms with Crippen LogP contribution in [0.5, 0.6) is 5.75 Å². The molecule has 0 saturated heterocycles. The molecule has 1 aliphatic carbocycles. The van der Waals surface area contributed by atoms with Crippen molar-refractivity contribution in [3.63, 3.8) is 0 Å². The molecular formula is C32H38F3NO2. The number of nitrogens with one attached hydrogen (secondary N) is 1. The van der Waals surface area contributed by atoms with E-state index in [9.17, 15) is 18.0 Å². The second-order valence-corrected chi connectivity index (χ2v) is 9.50. The zero-order valence-electron chi connectivity index (χ0n) is 22.4.